The zero-order valence-corrected chi connectivity index (χ0v) is 20.6. The predicted molar refractivity (Wildman–Crippen MR) is 134 cm³/mol. The molecule has 2 aromatic rings. The average Bonchev–Trinajstić information content (AvgIpc) is 3.54. The van der Waals surface area contributed by atoms with Crippen LogP contribution in [0.1, 0.15) is 30.5 Å². The minimum absolute atomic E-state index is 0. The lowest BCUT2D eigenvalue weighted by atomic mass is 10.1. The molecule has 1 aromatic heterocycles. The van der Waals surface area contributed by atoms with Crippen molar-refractivity contribution >= 4 is 35.8 Å². The van der Waals surface area contributed by atoms with Crippen LogP contribution < -0.4 is 11.1 Å². The van der Waals surface area contributed by atoms with Crippen molar-refractivity contribution in [1.82, 2.24) is 20.0 Å². The molecule has 8 nitrogen and oxygen atoms in total. The van der Waals surface area contributed by atoms with E-state index in [1.54, 1.807) is 11.7 Å². The molecule has 0 amide bonds. The van der Waals surface area contributed by atoms with Crippen LogP contribution in [-0.2, 0) is 11.2 Å². The minimum Gasteiger partial charge on any atom is -0.382 e. The van der Waals surface area contributed by atoms with Crippen LogP contribution in [-0.4, -0.2) is 61.0 Å². The number of aliphatic imine (C=N–C) groups is 1. The van der Waals surface area contributed by atoms with Gasteiger partial charge in [0.05, 0.1) is 18.0 Å². The maximum atomic E-state index is 9.52. The van der Waals surface area contributed by atoms with Gasteiger partial charge in [0.25, 0.3) is 0 Å². The number of anilines is 1. The van der Waals surface area contributed by atoms with Gasteiger partial charge in [-0.1, -0.05) is 18.2 Å². The molecule has 9 heteroatoms. The minimum atomic E-state index is 0. The van der Waals surface area contributed by atoms with Gasteiger partial charge in [0, 0.05) is 33.8 Å². The Kier molecular flexibility index (Phi) is 10.1. The summed E-state index contributed by atoms with van der Waals surface area (Å²) in [6, 6.07) is 11.8. The summed E-state index contributed by atoms with van der Waals surface area (Å²) in [6.07, 6.45) is 4.08. The number of aryl methyl sites for hydroxylation is 1. The monoisotopic (exact) mass is 537 g/mol. The smallest absolute Gasteiger partial charge is 0.193 e. The standard InChI is InChI=1S/C22H31N7O.HI/c1-25-22(28(2)13-14-30-16-17-10-11-17)26-12-6-9-20-19(15-23)21(24)29(27-20)18-7-4-3-5-8-18;/h3-5,7-8,17H,6,9-14,16,24H2,1-2H3,(H,25,26);1H. The van der Waals surface area contributed by atoms with Crippen LogP contribution in [0.4, 0.5) is 5.82 Å². The molecule has 1 fully saturated rings. The molecule has 31 heavy (non-hydrogen) atoms. The molecule has 3 N–H and O–H groups in total. The van der Waals surface area contributed by atoms with Crippen LogP contribution in [0.25, 0.3) is 5.69 Å². The quantitative estimate of drug-likeness (QED) is 0.209. The molecule has 0 spiro atoms. The molecule has 1 aliphatic carbocycles. The number of nitrogens with two attached hydrogens (primary N) is 1. The van der Waals surface area contributed by atoms with Crippen LogP contribution >= 0.6 is 24.0 Å². The topological polar surface area (TPSA) is 104 Å². The van der Waals surface area contributed by atoms with Crippen molar-refractivity contribution in [2.75, 3.05) is 46.1 Å². The highest BCUT2D eigenvalue weighted by Gasteiger charge is 2.21. The summed E-state index contributed by atoms with van der Waals surface area (Å²) < 4.78 is 7.34. The van der Waals surface area contributed by atoms with Gasteiger partial charge in [-0.15, -0.1) is 24.0 Å². The van der Waals surface area contributed by atoms with Crippen LogP contribution in [0, 0.1) is 17.2 Å². The highest BCUT2D eigenvalue weighted by Crippen LogP contribution is 2.28. The lowest BCUT2D eigenvalue weighted by Gasteiger charge is -2.22. The Morgan fingerprint density at radius 1 is 1.39 bits per heavy atom. The summed E-state index contributed by atoms with van der Waals surface area (Å²) in [6.45, 7) is 3.10. The van der Waals surface area contributed by atoms with E-state index in [0.717, 1.165) is 49.4 Å². The van der Waals surface area contributed by atoms with Gasteiger partial charge in [0.2, 0.25) is 0 Å². The normalized spacial score (nSPS) is 13.4. The number of rotatable bonds is 10. The third-order valence-corrected chi connectivity index (χ3v) is 5.17. The van der Waals surface area contributed by atoms with Gasteiger partial charge in [-0.05, 0) is 43.7 Å². The molecule has 1 aromatic carbocycles. The van der Waals surface area contributed by atoms with Gasteiger partial charge in [0.1, 0.15) is 17.5 Å². The highest BCUT2D eigenvalue weighted by molar-refractivity contribution is 14.0. The van der Waals surface area contributed by atoms with Crippen molar-refractivity contribution in [3.8, 4) is 11.8 Å². The summed E-state index contributed by atoms with van der Waals surface area (Å²) in [5, 5.41) is 17.5. The second kappa shape index (κ2) is 12.5. The largest absolute Gasteiger partial charge is 0.382 e. The number of aromatic nitrogens is 2. The molecule has 168 valence electrons. The van der Waals surface area contributed by atoms with E-state index in [0.29, 0.717) is 24.4 Å². The molecule has 1 heterocycles. The maximum Gasteiger partial charge on any atom is 0.193 e. The Bertz CT molecular complexity index is 887. The molecule has 0 atom stereocenters. The van der Waals surface area contributed by atoms with Gasteiger partial charge in [0.15, 0.2) is 5.96 Å². The van der Waals surface area contributed by atoms with Crippen molar-refractivity contribution in [2.24, 2.45) is 10.9 Å². The summed E-state index contributed by atoms with van der Waals surface area (Å²) in [5.41, 5.74) is 8.19. The predicted octanol–water partition coefficient (Wildman–Crippen LogP) is 2.81. The second-order valence-electron chi connectivity index (χ2n) is 7.58. The van der Waals surface area contributed by atoms with Gasteiger partial charge in [-0.3, -0.25) is 4.99 Å². The average molecular weight is 537 g/mol. The molecule has 0 saturated heterocycles. The van der Waals surface area contributed by atoms with E-state index < -0.39 is 0 Å². The van der Waals surface area contributed by atoms with E-state index in [1.165, 1.54) is 12.8 Å². The SMILES string of the molecule is CN=C(NCCCc1nn(-c2ccccc2)c(N)c1C#N)N(C)CCOCC1CC1.I. The summed E-state index contributed by atoms with van der Waals surface area (Å²) in [4.78, 5) is 6.40. The van der Waals surface area contributed by atoms with E-state index in [4.69, 9.17) is 10.5 Å². The van der Waals surface area contributed by atoms with E-state index in [-0.39, 0.29) is 24.0 Å². The molecule has 0 bridgehead atoms. The Labute approximate surface area is 201 Å². The molecule has 0 radical (unpaired) electrons. The van der Waals surface area contributed by atoms with Crippen molar-refractivity contribution in [2.45, 2.75) is 25.7 Å². The molecular weight excluding hydrogens is 505 g/mol. The number of ether oxygens (including phenoxy) is 1. The van der Waals surface area contributed by atoms with Gasteiger partial charge >= 0.3 is 0 Å². The summed E-state index contributed by atoms with van der Waals surface area (Å²) >= 11 is 0. The number of para-hydroxylation sites is 1. The number of halogens is 1. The fourth-order valence-corrected chi connectivity index (χ4v) is 3.22. The second-order valence-corrected chi connectivity index (χ2v) is 7.58. The Balaban J connectivity index is 0.00000341. The zero-order chi connectivity index (χ0) is 21.3. The molecule has 1 saturated carbocycles. The first kappa shape index (κ1) is 24.9. The number of hydrogen-bond donors (Lipinski definition) is 2. The first-order valence-corrected chi connectivity index (χ1v) is 10.5. The fraction of sp³-hybridized carbons (Fsp3) is 0.500. The molecule has 0 aliphatic heterocycles. The number of nitriles is 1. The lowest BCUT2D eigenvalue weighted by molar-refractivity contribution is 0.115. The molecule has 0 unspecified atom stereocenters. The zero-order valence-electron chi connectivity index (χ0n) is 18.3. The number of nitrogens with zero attached hydrogens (tertiary/aromatic N) is 5. The first-order chi connectivity index (χ1) is 14.6. The van der Waals surface area contributed by atoms with E-state index in [1.807, 2.05) is 37.4 Å². The third kappa shape index (κ3) is 7.11. The number of benzene rings is 1. The van der Waals surface area contributed by atoms with Crippen molar-refractivity contribution in [3.63, 3.8) is 0 Å². The third-order valence-electron chi connectivity index (χ3n) is 5.17. The maximum absolute atomic E-state index is 9.52. The van der Waals surface area contributed by atoms with Crippen LogP contribution in [0.15, 0.2) is 35.3 Å². The van der Waals surface area contributed by atoms with E-state index in [9.17, 15) is 5.26 Å². The van der Waals surface area contributed by atoms with Gasteiger partial charge in [-0.2, -0.15) is 10.4 Å². The number of likely N-dealkylation sites (N-methyl/N-ethyl adjacent to an activating group) is 1. The highest BCUT2D eigenvalue weighted by atomic mass is 127. The van der Waals surface area contributed by atoms with Crippen LogP contribution in [0.3, 0.4) is 0 Å². The van der Waals surface area contributed by atoms with Crippen LogP contribution in [0.2, 0.25) is 0 Å². The van der Waals surface area contributed by atoms with Gasteiger partial charge < -0.3 is 20.7 Å². The Morgan fingerprint density at radius 2 is 2.13 bits per heavy atom. The lowest BCUT2D eigenvalue weighted by Crippen LogP contribution is -2.41. The van der Waals surface area contributed by atoms with E-state index in [2.05, 4.69) is 26.4 Å². The summed E-state index contributed by atoms with van der Waals surface area (Å²) in [5.74, 6) is 2.00. The van der Waals surface area contributed by atoms with E-state index >= 15 is 0 Å². The molecule has 1 aliphatic rings. The van der Waals surface area contributed by atoms with Crippen LogP contribution in [0.5, 0.6) is 0 Å². The Hall–Kier alpha value is -2.32. The van der Waals surface area contributed by atoms with Gasteiger partial charge in [-0.25, -0.2) is 4.68 Å². The number of nitrogens with one attached hydrogen (secondary N) is 1. The number of hydrogen-bond acceptors (Lipinski definition) is 5. The molecular formula is C22H32IN7O. The number of nitrogen functional groups attached to an aromatic ring is 1. The first-order valence-electron chi connectivity index (χ1n) is 10.5. The Morgan fingerprint density at radius 3 is 2.77 bits per heavy atom. The van der Waals surface area contributed by atoms with Crippen molar-refractivity contribution in [3.05, 3.63) is 41.6 Å². The number of guanidine groups is 1. The van der Waals surface area contributed by atoms with Crippen molar-refractivity contribution < 1.29 is 4.74 Å². The van der Waals surface area contributed by atoms with Crippen molar-refractivity contribution in [1.29, 1.82) is 5.26 Å². The fourth-order valence-electron chi connectivity index (χ4n) is 3.22. The molecule has 3 rings (SSSR count). The summed E-state index contributed by atoms with van der Waals surface area (Å²) in [7, 11) is 3.78.